The van der Waals surface area contributed by atoms with Crippen LogP contribution < -0.4 is 73.1 Å². The summed E-state index contributed by atoms with van der Waals surface area (Å²) in [5.41, 5.74) is 1.10. The van der Waals surface area contributed by atoms with Crippen molar-refractivity contribution < 1.29 is 143 Å². The Bertz CT molecular complexity index is 4850. The van der Waals surface area contributed by atoms with E-state index in [1.807, 2.05) is 27.7 Å². The molecule has 8 amide bonds. The summed E-state index contributed by atoms with van der Waals surface area (Å²) in [4.78, 5) is 133. The van der Waals surface area contributed by atoms with Crippen LogP contribution in [0, 0.1) is 11.8 Å². The van der Waals surface area contributed by atoms with E-state index < -0.39 is 291 Å². The quantitative estimate of drug-likeness (QED) is 0.0251. The largest absolute Gasteiger partial charge is 0.507 e. The van der Waals surface area contributed by atoms with Gasteiger partial charge in [-0.3, -0.25) is 38.4 Å². The van der Waals surface area contributed by atoms with E-state index >= 15 is 24.0 Å². The van der Waals surface area contributed by atoms with Crippen molar-refractivity contribution in [1.82, 2.24) is 53.2 Å². The number of aliphatic carboxylic acids is 1. The van der Waals surface area contributed by atoms with Crippen LogP contribution in [0.2, 0.25) is 10.0 Å². The lowest BCUT2D eigenvalue weighted by Gasteiger charge is -2.50. The second-order valence-corrected chi connectivity index (χ2v) is 34.8. The number of carbonyl (C=O) groups excluding carboxylic acids is 8. The number of rotatable bonds is 35. The number of nitrogens with two attached hydrogens (primary N) is 1. The van der Waals surface area contributed by atoms with E-state index in [1.165, 1.54) is 19.2 Å². The minimum Gasteiger partial charge on any atom is -0.507 e. The summed E-state index contributed by atoms with van der Waals surface area (Å²) in [7, 11) is 1.47. The molecule has 40 nitrogen and oxygen atoms in total. The van der Waals surface area contributed by atoms with Crippen LogP contribution in [0.3, 0.4) is 0 Å². The fourth-order valence-corrected chi connectivity index (χ4v) is 17.3. The number of aliphatic hydroxyl groups is 11. The highest BCUT2D eigenvalue weighted by Gasteiger charge is 2.53. The van der Waals surface area contributed by atoms with Crippen LogP contribution in [-0.4, -0.2) is 267 Å². The number of amides is 8. The SMILES string of the molecule is CCCCCCCCCCNC1(CC)C[C@H](O[C@@H]2C(O)C(O)[C@@H](CO)O[C@H]2Oc2c3cc4cc2Oc2ccc(cc2Cl)[C@@H](O)[C@@H](NC(=O)[C@@H](CC(C)C)NC)C(=O)NC(CC(N)=O)C(=O)N[C@H]4C(=O)N[C@@H]2C(=O)N[C@H](C(=O)N[C@H](C(=O)O)c4cc(O)c(CNCCCNC(=O)[C@H](O)[C@@H](O)[C@H](O)[C@H](O)CO)c(O)c4-c4cc2ccc4O)[C@H](O)c2ccc(c(Cl)c2)O3)C[C@@H](C)[C@H]1O. The lowest BCUT2D eigenvalue weighted by molar-refractivity contribution is -0.299. The first kappa shape index (κ1) is 102. The summed E-state index contributed by atoms with van der Waals surface area (Å²) < 4.78 is 33.8. The van der Waals surface area contributed by atoms with Crippen LogP contribution in [0.15, 0.2) is 72.8 Å². The van der Waals surface area contributed by atoms with Gasteiger partial charge in [-0.05, 0) is 147 Å². The molecule has 2 fully saturated rings. The topological polar surface area (TPSA) is 650 Å². The van der Waals surface area contributed by atoms with Crippen molar-refractivity contribution >= 4 is 76.4 Å². The molecule has 1 aliphatic carbocycles. The molecule has 714 valence electrons. The molecule has 6 aliphatic heterocycles. The molecule has 11 bridgehead atoms. The molecule has 27 N–H and O–H groups in total. The van der Waals surface area contributed by atoms with Crippen molar-refractivity contribution in [2.24, 2.45) is 17.6 Å². The second-order valence-electron chi connectivity index (χ2n) is 33.9. The highest BCUT2D eigenvalue weighted by molar-refractivity contribution is 6.32. The number of likely N-dealkylation sites (N-methyl/N-ethyl adjacent to an activating group) is 1. The number of primary amides is 1. The highest BCUT2D eigenvalue weighted by Crippen LogP contribution is 2.51. The van der Waals surface area contributed by atoms with Gasteiger partial charge in [-0.15, -0.1) is 0 Å². The van der Waals surface area contributed by atoms with Crippen molar-refractivity contribution in [1.29, 1.82) is 0 Å². The lowest BCUT2D eigenvalue weighted by atomic mass is 9.70. The number of nitrogens with one attached hydrogen (secondary N) is 10. The van der Waals surface area contributed by atoms with Crippen molar-refractivity contribution in [2.45, 2.75) is 258 Å². The average Bonchev–Trinajstić information content (AvgIpc) is 0.765. The molecule has 5 aromatic carbocycles. The monoisotopic (exact) mass is 1860 g/mol. The molecule has 130 heavy (non-hydrogen) atoms. The summed E-state index contributed by atoms with van der Waals surface area (Å²) in [5.74, 6) is -18.3. The van der Waals surface area contributed by atoms with Gasteiger partial charge in [-0.2, -0.15) is 0 Å². The molecule has 42 heteroatoms. The number of ether oxygens (including phenoxy) is 5. The van der Waals surface area contributed by atoms with Crippen molar-refractivity contribution in [3.05, 3.63) is 116 Å². The van der Waals surface area contributed by atoms with Crippen LogP contribution in [0.25, 0.3) is 11.1 Å². The number of aromatic hydroxyl groups is 3. The number of halogens is 2. The number of benzene rings is 5. The molecule has 22 atom stereocenters. The molecule has 0 aromatic heterocycles. The van der Waals surface area contributed by atoms with Crippen molar-refractivity contribution in [3.8, 4) is 57.1 Å². The van der Waals surface area contributed by atoms with Gasteiger partial charge >= 0.3 is 5.97 Å². The van der Waals surface area contributed by atoms with Crippen LogP contribution in [0.1, 0.15) is 188 Å². The Labute approximate surface area is 758 Å². The molecule has 0 radical (unpaired) electrons. The minimum atomic E-state index is -2.41. The number of hydrogen-bond donors (Lipinski definition) is 26. The van der Waals surface area contributed by atoms with E-state index in [0.717, 1.165) is 112 Å². The number of phenols is 3. The molecule has 6 heterocycles. The Hall–Kier alpha value is -9.93. The molecule has 0 spiro atoms. The zero-order chi connectivity index (χ0) is 95.0. The normalized spacial score (nSPS) is 26.5. The Kier molecular flexibility index (Phi) is 36.1. The van der Waals surface area contributed by atoms with E-state index in [2.05, 4.69) is 60.1 Å². The Morgan fingerprint density at radius 1 is 0.662 bits per heavy atom. The number of hydrogen-bond acceptors (Lipinski definition) is 31. The predicted octanol–water partition coefficient (Wildman–Crippen LogP) is 0.963. The van der Waals surface area contributed by atoms with E-state index in [0.29, 0.717) is 13.0 Å². The minimum absolute atomic E-state index is 0.00937. The smallest absolute Gasteiger partial charge is 0.330 e. The van der Waals surface area contributed by atoms with Crippen LogP contribution in [0.5, 0.6) is 46.0 Å². The van der Waals surface area contributed by atoms with Crippen molar-refractivity contribution in [2.75, 3.05) is 39.9 Å². The van der Waals surface area contributed by atoms with Gasteiger partial charge in [0.25, 0.3) is 5.91 Å². The second kappa shape index (κ2) is 45.9. The zero-order valence-electron chi connectivity index (χ0n) is 72.5. The van der Waals surface area contributed by atoms with Gasteiger partial charge in [-0.25, -0.2) is 4.79 Å². The van der Waals surface area contributed by atoms with Crippen LogP contribution >= 0.6 is 23.2 Å². The standard InChI is InChI=1S/C88H119Cl2N11O29/c1-7-9-10-11-12-13-14-15-25-95-88(8-2)35-45(27-40(5)78(88)116)126-77-74(114)72(112)60(38-103)129-87(77)130-76-58-31-44-32-59(76)128-57-22-19-43(30-50(57)90)69(109)67-84(122)99-65(86(124)125)47-33-54(105)48(36-93-23-16-24-94-85(123)75(115)73(113)71(111)55(106)37-102)70(110)62(47)46-28-41(17-20-53(46)104)63(81(119)101-67)98-82(120)64(44)97-80(118)52(34-61(91)107)96-83(121)66(100-79(117)51(92-6)26-39(3)4)68(108)42-18-21-56(127-58)49(89)29-42/h17-22,28-33,39-40,45,51-52,55,60,63-69,71-75,77-78,87,92-93,95,102-106,108-116H,7-16,23-27,34-38H2,1-6H3,(H2,91,107)(H,94,123)(H,96,121)(H,97,118)(H,98,120)(H,99,122)(H,100,117)(H,101,119)(H,124,125)/t40-,45-,51-,52?,55-,60-,63+,64-,65+,66-,67+,68-,69-,71-,72?,73+,74?,75-,77-,78-,87+,88?/m1/s1. The number of aliphatic hydroxyl groups excluding tert-OH is 11. The molecular formula is C88H119Cl2N11O29. The highest BCUT2D eigenvalue weighted by atomic mass is 35.5. The van der Waals surface area contributed by atoms with E-state index in [9.17, 15) is 95.8 Å². The van der Waals surface area contributed by atoms with Gasteiger partial charge in [-0.1, -0.05) is 121 Å². The summed E-state index contributed by atoms with van der Waals surface area (Å²) in [6, 6.07) is -2.05. The van der Waals surface area contributed by atoms with Gasteiger partial charge in [0.1, 0.15) is 114 Å². The molecule has 12 rings (SSSR count). The van der Waals surface area contributed by atoms with E-state index in [1.54, 1.807) is 0 Å². The molecule has 7 aliphatic rings. The maximum atomic E-state index is 16.5. The third-order valence-corrected chi connectivity index (χ3v) is 24.7. The zero-order valence-corrected chi connectivity index (χ0v) is 74.0. The molecular weight excluding hydrogens is 1750 g/mol. The van der Waals surface area contributed by atoms with Gasteiger partial charge in [0.2, 0.25) is 53.4 Å². The Morgan fingerprint density at radius 3 is 1.88 bits per heavy atom. The maximum absolute atomic E-state index is 16.5. The Morgan fingerprint density at radius 2 is 1.28 bits per heavy atom. The number of unbranched alkanes of at least 4 members (excludes halogenated alkanes) is 7. The molecule has 1 saturated carbocycles. The fraction of sp³-hybridized carbons (Fsp3) is 0.557. The Balaban J connectivity index is 1.15. The van der Waals surface area contributed by atoms with Gasteiger partial charge in [0.15, 0.2) is 23.6 Å². The summed E-state index contributed by atoms with van der Waals surface area (Å²) in [5, 5.41) is 195. The summed E-state index contributed by atoms with van der Waals surface area (Å²) >= 11 is 14.4. The first-order valence-corrected chi connectivity index (χ1v) is 44.1. The van der Waals surface area contributed by atoms with Gasteiger partial charge in [0, 0.05) is 35.3 Å². The van der Waals surface area contributed by atoms with Crippen molar-refractivity contribution in [3.63, 3.8) is 0 Å². The molecule has 4 unspecified atom stereocenters. The number of carbonyl (C=O) groups is 9. The number of carboxylic acid groups (broad SMARTS) is 1. The maximum Gasteiger partial charge on any atom is 0.330 e. The molecule has 1 saturated heterocycles. The number of carboxylic acids is 1. The number of phenolic OH excluding ortho intramolecular Hbond substituents is 3. The molecule has 5 aromatic rings. The van der Waals surface area contributed by atoms with E-state index in [-0.39, 0.29) is 66.6 Å². The average molecular weight is 1870 g/mol. The lowest BCUT2D eigenvalue weighted by Crippen LogP contribution is -2.64. The third kappa shape index (κ3) is 24.3. The third-order valence-electron chi connectivity index (χ3n) is 24.1. The fourth-order valence-electron chi connectivity index (χ4n) is 16.8. The number of fused-ring (bicyclic) bond motifs is 15. The summed E-state index contributed by atoms with van der Waals surface area (Å²) in [6.07, 6.45) is -15.9. The summed E-state index contributed by atoms with van der Waals surface area (Å²) in [6.45, 7) is 7.19. The van der Waals surface area contributed by atoms with E-state index in [4.69, 9.17) is 52.6 Å². The van der Waals surface area contributed by atoms with Gasteiger partial charge in [0.05, 0.1) is 53.5 Å². The van der Waals surface area contributed by atoms with Gasteiger partial charge < -0.3 is 159 Å². The first-order chi connectivity index (χ1) is 61.8. The predicted molar refractivity (Wildman–Crippen MR) is 464 cm³/mol. The first-order valence-electron chi connectivity index (χ1n) is 43.4. The van der Waals surface area contributed by atoms with Crippen LogP contribution in [-0.2, 0) is 59.2 Å². The van der Waals surface area contributed by atoms with Crippen LogP contribution in [0.4, 0.5) is 0 Å².